The molecular weight excluding hydrogens is 420 g/mol. The molecule has 1 fully saturated rings. The Morgan fingerprint density at radius 2 is 2.03 bits per heavy atom. The van der Waals surface area contributed by atoms with Gasteiger partial charge in [0.05, 0.1) is 19.8 Å². The second-order valence-corrected chi connectivity index (χ2v) is 8.52. The van der Waals surface area contributed by atoms with E-state index in [4.69, 9.17) is 27.4 Å². The summed E-state index contributed by atoms with van der Waals surface area (Å²) < 4.78 is 13.2. The third-order valence-corrected chi connectivity index (χ3v) is 5.52. The number of rotatable bonds is 7. The highest BCUT2D eigenvalue weighted by Crippen LogP contribution is 2.33. The number of carbonyl (C=O) groups is 1. The van der Waals surface area contributed by atoms with Gasteiger partial charge in [-0.2, -0.15) is 0 Å². The summed E-state index contributed by atoms with van der Waals surface area (Å²) in [4.78, 5) is 27.0. The Labute approximate surface area is 185 Å². The molecule has 0 radical (unpaired) electrons. The van der Waals surface area contributed by atoms with Gasteiger partial charge in [-0.3, -0.25) is 19.1 Å². The average molecular weight is 449 g/mol. The number of nitrogens with one attached hydrogen (secondary N) is 2. The number of aromatic nitrogens is 2. The first kappa shape index (κ1) is 22.8. The van der Waals surface area contributed by atoms with E-state index in [1.54, 1.807) is 7.11 Å². The lowest BCUT2D eigenvalue weighted by atomic mass is 10.1. The van der Waals surface area contributed by atoms with Crippen molar-refractivity contribution in [2.24, 2.45) is 0 Å². The van der Waals surface area contributed by atoms with Gasteiger partial charge < -0.3 is 25.6 Å². The number of aromatic amines is 1. The Bertz CT molecular complexity index is 1080. The number of anilines is 2. The maximum atomic E-state index is 12.3. The molecule has 1 saturated carbocycles. The van der Waals surface area contributed by atoms with E-state index >= 15 is 0 Å². The third-order valence-electron chi connectivity index (χ3n) is 5.20. The summed E-state index contributed by atoms with van der Waals surface area (Å²) in [6.07, 6.45) is 4.47. The Hall–Kier alpha value is -2.85. The van der Waals surface area contributed by atoms with Crippen molar-refractivity contribution in [2.75, 3.05) is 18.2 Å². The quantitative estimate of drug-likeness (QED) is 0.479. The lowest BCUT2D eigenvalue weighted by Crippen LogP contribution is -2.39. The summed E-state index contributed by atoms with van der Waals surface area (Å²) in [5.41, 5.74) is 4.50. The standard InChI is InChI=1S/C21H28N4O5S/c1-21(2,28)19(27)23-16-17(22)25(20(31)24-18(16)26)11-12-8-9-14(29-3)15(10-12)30-13-6-4-5-7-13/h8-10,13,28H,4-7,11,22H2,1-3H3,(H,23,27)(H,24,26,31). The van der Waals surface area contributed by atoms with Crippen molar-refractivity contribution in [3.8, 4) is 11.5 Å². The van der Waals surface area contributed by atoms with E-state index in [-0.39, 0.29) is 28.9 Å². The number of H-pyrrole nitrogens is 1. The first-order chi connectivity index (χ1) is 14.6. The lowest BCUT2D eigenvalue weighted by molar-refractivity contribution is -0.130. The molecule has 9 nitrogen and oxygen atoms in total. The zero-order valence-electron chi connectivity index (χ0n) is 17.9. The fraction of sp³-hybridized carbons (Fsp3) is 0.476. The molecule has 1 aliphatic carbocycles. The van der Waals surface area contributed by atoms with Crippen LogP contribution < -0.4 is 26.1 Å². The molecule has 5 N–H and O–H groups in total. The molecule has 0 atom stereocenters. The van der Waals surface area contributed by atoms with E-state index in [0.29, 0.717) is 11.5 Å². The molecule has 2 aromatic rings. The fourth-order valence-corrected chi connectivity index (χ4v) is 3.67. The molecular formula is C21H28N4O5S. The number of benzene rings is 1. The number of hydrogen-bond acceptors (Lipinski definition) is 7. The first-order valence-corrected chi connectivity index (χ1v) is 10.5. The molecule has 0 saturated heterocycles. The third kappa shape index (κ3) is 5.26. The normalized spacial score (nSPS) is 14.5. The number of aliphatic hydroxyl groups is 1. The Balaban J connectivity index is 1.93. The van der Waals surface area contributed by atoms with Crippen LogP contribution in [0.15, 0.2) is 23.0 Å². The Morgan fingerprint density at radius 3 is 2.65 bits per heavy atom. The summed E-state index contributed by atoms with van der Waals surface area (Å²) in [6.45, 7) is 2.86. The highest BCUT2D eigenvalue weighted by atomic mass is 32.1. The van der Waals surface area contributed by atoms with Crippen molar-refractivity contribution in [1.82, 2.24) is 9.55 Å². The second-order valence-electron chi connectivity index (χ2n) is 8.13. The van der Waals surface area contributed by atoms with Gasteiger partial charge in [0.15, 0.2) is 16.3 Å². The topological polar surface area (TPSA) is 132 Å². The van der Waals surface area contributed by atoms with Crippen molar-refractivity contribution in [3.05, 3.63) is 38.9 Å². The summed E-state index contributed by atoms with van der Waals surface area (Å²) in [5, 5.41) is 12.2. The van der Waals surface area contributed by atoms with Gasteiger partial charge in [-0.15, -0.1) is 0 Å². The first-order valence-electron chi connectivity index (χ1n) is 10.1. The smallest absolute Gasteiger partial charge is 0.277 e. The maximum absolute atomic E-state index is 12.3. The highest BCUT2D eigenvalue weighted by Gasteiger charge is 2.26. The number of methoxy groups -OCH3 is 1. The molecule has 1 aliphatic rings. The van der Waals surface area contributed by atoms with Crippen LogP contribution in [0.1, 0.15) is 45.1 Å². The molecule has 31 heavy (non-hydrogen) atoms. The number of nitrogens with zero attached hydrogens (tertiary/aromatic N) is 1. The number of nitrogens with two attached hydrogens (primary N) is 1. The van der Waals surface area contributed by atoms with Crippen molar-refractivity contribution < 1.29 is 19.4 Å². The number of carbonyl (C=O) groups excluding carboxylic acids is 1. The summed E-state index contributed by atoms with van der Waals surface area (Å²) in [5.74, 6) is 0.495. The van der Waals surface area contributed by atoms with Crippen LogP contribution in [0.4, 0.5) is 11.5 Å². The summed E-state index contributed by atoms with van der Waals surface area (Å²) in [6, 6.07) is 5.52. The van der Waals surface area contributed by atoms with Crippen LogP contribution in [0.2, 0.25) is 0 Å². The van der Waals surface area contributed by atoms with Crippen LogP contribution in [-0.2, 0) is 11.3 Å². The molecule has 0 spiro atoms. The molecule has 1 amide bonds. The summed E-state index contributed by atoms with van der Waals surface area (Å²) >= 11 is 5.28. The van der Waals surface area contributed by atoms with Crippen LogP contribution in [0.3, 0.4) is 0 Å². The van der Waals surface area contributed by atoms with E-state index in [1.807, 2.05) is 18.2 Å². The number of nitrogen functional groups attached to an aromatic ring is 1. The molecule has 1 heterocycles. The predicted octanol–water partition coefficient (Wildman–Crippen LogP) is 2.58. The van der Waals surface area contributed by atoms with Crippen molar-refractivity contribution >= 4 is 29.6 Å². The van der Waals surface area contributed by atoms with Gasteiger partial charge in [-0.25, -0.2) is 0 Å². The number of hydrogen-bond donors (Lipinski definition) is 4. The van der Waals surface area contributed by atoms with E-state index in [2.05, 4.69) is 10.3 Å². The maximum Gasteiger partial charge on any atom is 0.277 e. The van der Waals surface area contributed by atoms with Crippen molar-refractivity contribution in [1.29, 1.82) is 0 Å². The van der Waals surface area contributed by atoms with Gasteiger partial charge in [0, 0.05) is 0 Å². The van der Waals surface area contributed by atoms with Crippen LogP contribution in [0.25, 0.3) is 0 Å². The van der Waals surface area contributed by atoms with Gasteiger partial charge in [-0.05, 0) is 69.4 Å². The predicted molar refractivity (Wildman–Crippen MR) is 120 cm³/mol. The Morgan fingerprint density at radius 1 is 1.35 bits per heavy atom. The van der Waals surface area contributed by atoms with Gasteiger partial charge in [0.1, 0.15) is 17.1 Å². The monoisotopic (exact) mass is 448 g/mol. The minimum absolute atomic E-state index is 0.0135. The van der Waals surface area contributed by atoms with E-state index in [9.17, 15) is 14.7 Å². The largest absolute Gasteiger partial charge is 0.493 e. The van der Waals surface area contributed by atoms with Crippen LogP contribution in [-0.4, -0.2) is 39.4 Å². The van der Waals surface area contributed by atoms with E-state index in [0.717, 1.165) is 31.2 Å². The van der Waals surface area contributed by atoms with E-state index in [1.165, 1.54) is 18.4 Å². The molecule has 1 aromatic heterocycles. The van der Waals surface area contributed by atoms with Gasteiger partial charge in [-0.1, -0.05) is 6.07 Å². The lowest BCUT2D eigenvalue weighted by Gasteiger charge is -2.20. The minimum Gasteiger partial charge on any atom is -0.493 e. The highest BCUT2D eigenvalue weighted by molar-refractivity contribution is 7.71. The second kappa shape index (κ2) is 9.11. The van der Waals surface area contributed by atoms with E-state index < -0.39 is 17.1 Å². The zero-order valence-corrected chi connectivity index (χ0v) is 18.7. The van der Waals surface area contributed by atoms with Crippen LogP contribution in [0, 0.1) is 4.77 Å². The van der Waals surface area contributed by atoms with Gasteiger partial charge >= 0.3 is 0 Å². The molecule has 3 rings (SSSR count). The molecule has 0 aliphatic heterocycles. The fourth-order valence-electron chi connectivity index (χ4n) is 3.41. The SMILES string of the molecule is COc1ccc(Cn2c(N)c(NC(=O)C(C)(C)O)c(=O)[nH]c2=S)cc1OC1CCCC1. The molecule has 1 aromatic carbocycles. The number of amides is 1. The molecule has 10 heteroatoms. The van der Waals surface area contributed by atoms with Gasteiger partial charge in [0.25, 0.3) is 11.5 Å². The van der Waals surface area contributed by atoms with Gasteiger partial charge in [0.2, 0.25) is 0 Å². The van der Waals surface area contributed by atoms with Crippen molar-refractivity contribution in [3.63, 3.8) is 0 Å². The minimum atomic E-state index is -1.68. The number of ether oxygens (including phenoxy) is 2. The Kier molecular flexibility index (Phi) is 6.71. The summed E-state index contributed by atoms with van der Waals surface area (Å²) in [7, 11) is 1.59. The average Bonchev–Trinajstić information content (AvgIpc) is 3.20. The molecule has 168 valence electrons. The van der Waals surface area contributed by atoms with Crippen LogP contribution in [0.5, 0.6) is 11.5 Å². The molecule has 0 unspecified atom stereocenters. The molecule has 0 bridgehead atoms. The zero-order chi connectivity index (χ0) is 22.8. The van der Waals surface area contributed by atoms with Crippen LogP contribution >= 0.6 is 12.2 Å². The van der Waals surface area contributed by atoms with Crippen molar-refractivity contribution in [2.45, 2.75) is 57.8 Å².